The van der Waals surface area contributed by atoms with E-state index in [4.69, 9.17) is 19.9 Å². The van der Waals surface area contributed by atoms with Gasteiger partial charge in [-0.3, -0.25) is 0 Å². The first kappa shape index (κ1) is 16.2. The topological polar surface area (TPSA) is 86.9 Å². The molecule has 2 N–H and O–H groups in total. The number of methoxy groups -OCH3 is 3. The van der Waals surface area contributed by atoms with E-state index >= 15 is 0 Å². The van der Waals surface area contributed by atoms with E-state index in [9.17, 15) is 4.79 Å². The molecule has 1 aromatic heterocycles. The van der Waals surface area contributed by atoms with Gasteiger partial charge >= 0.3 is 5.97 Å². The molecule has 7 nitrogen and oxygen atoms in total. The number of aromatic nitrogens is 1. The Balaban J connectivity index is 2.97. The molecule has 0 amide bonds. The molecule has 1 aromatic rings. The fraction of sp³-hybridized carbons (Fsp3) is 0.538. The second-order valence-corrected chi connectivity index (χ2v) is 4.09. The van der Waals surface area contributed by atoms with Crippen molar-refractivity contribution in [3.05, 3.63) is 17.8 Å². The molecule has 0 bridgehead atoms. The molecule has 1 heterocycles. The summed E-state index contributed by atoms with van der Waals surface area (Å²) in [6.45, 7) is 2.36. The number of esters is 1. The average molecular weight is 283 g/mol. The number of pyridine rings is 1. The van der Waals surface area contributed by atoms with Crippen LogP contribution in [0.4, 0.5) is 11.5 Å². The van der Waals surface area contributed by atoms with E-state index in [2.05, 4.69) is 4.98 Å². The number of hydrogen-bond donors (Lipinski definition) is 1. The van der Waals surface area contributed by atoms with Crippen LogP contribution in [0.3, 0.4) is 0 Å². The molecule has 0 aliphatic carbocycles. The first-order valence-corrected chi connectivity index (χ1v) is 6.20. The Morgan fingerprint density at radius 1 is 1.25 bits per heavy atom. The minimum absolute atomic E-state index is 0.291. The molecular weight excluding hydrogens is 262 g/mol. The van der Waals surface area contributed by atoms with Crippen molar-refractivity contribution in [1.29, 1.82) is 0 Å². The second kappa shape index (κ2) is 8.34. The van der Waals surface area contributed by atoms with Gasteiger partial charge in [-0.25, -0.2) is 9.78 Å². The monoisotopic (exact) mass is 283 g/mol. The predicted octanol–water partition coefficient (Wildman–Crippen LogP) is 0.550. The summed E-state index contributed by atoms with van der Waals surface area (Å²) in [6.07, 6.45) is 1.45. The summed E-state index contributed by atoms with van der Waals surface area (Å²) < 4.78 is 14.8. The minimum atomic E-state index is -0.482. The van der Waals surface area contributed by atoms with Gasteiger partial charge in [0.1, 0.15) is 5.82 Å². The number of carbonyl (C=O) groups excluding carboxylic acids is 1. The van der Waals surface area contributed by atoms with Crippen LogP contribution in [0.25, 0.3) is 0 Å². The van der Waals surface area contributed by atoms with E-state index in [0.717, 1.165) is 0 Å². The SMILES string of the molecule is COCCN(CCOC)c1cc(C(=O)OC)c(N)cn1. The van der Waals surface area contributed by atoms with Crippen molar-refractivity contribution in [2.75, 3.05) is 58.3 Å². The van der Waals surface area contributed by atoms with E-state index in [1.807, 2.05) is 4.90 Å². The Morgan fingerprint density at radius 3 is 2.35 bits per heavy atom. The van der Waals surface area contributed by atoms with E-state index in [1.54, 1.807) is 20.3 Å². The van der Waals surface area contributed by atoms with E-state index in [1.165, 1.54) is 13.3 Å². The number of nitrogens with two attached hydrogens (primary N) is 1. The maximum absolute atomic E-state index is 11.6. The standard InChI is InChI=1S/C13H21N3O4/c1-18-6-4-16(5-7-19-2)12-8-10(13(17)20-3)11(14)9-15-12/h8-9H,4-7,14H2,1-3H3. The van der Waals surface area contributed by atoms with Gasteiger partial charge in [0.25, 0.3) is 0 Å². The van der Waals surface area contributed by atoms with Crippen LogP contribution in [0, 0.1) is 0 Å². The highest BCUT2D eigenvalue weighted by molar-refractivity contribution is 5.95. The molecule has 0 spiro atoms. The third-order valence-corrected chi connectivity index (χ3v) is 2.78. The number of hydrogen-bond acceptors (Lipinski definition) is 7. The molecule has 0 radical (unpaired) electrons. The van der Waals surface area contributed by atoms with Crippen molar-refractivity contribution in [3.8, 4) is 0 Å². The third kappa shape index (κ3) is 4.36. The van der Waals surface area contributed by atoms with Crippen molar-refractivity contribution in [2.24, 2.45) is 0 Å². The zero-order chi connectivity index (χ0) is 15.0. The van der Waals surface area contributed by atoms with Gasteiger partial charge in [0.2, 0.25) is 0 Å². The maximum atomic E-state index is 11.6. The maximum Gasteiger partial charge on any atom is 0.340 e. The molecule has 0 aliphatic heterocycles. The van der Waals surface area contributed by atoms with Crippen LogP contribution in [0.2, 0.25) is 0 Å². The summed E-state index contributed by atoms with van der Waals surface area (Å²) >= 11 is 0. The van der Waals surface area contributed by atoms with E-state index in [0.29, 0.717) is 43.4 Å². The van der Waals surface area contributed by atoms with Gasteiger partial charge in [0, 0.05) is 27.3 Å². The summed E-state index contributed by atoms with van der Waals surface area (Å²) in [5.74, 6) is 0.151. The highest BCUT2D eigenvalue weighted by atomic mass is 16.5. The molecular formula is C13H21N3O4. The van der Waals surface area contributed by atoms with Gasteiger partial charge in [0.05, 0.1) is 37.8 Å². The molecule has 0 unspecified atom stereocenters. The lowest BCUT2D eigenvalue weighted by atomic mass is 10.2. The summed E-state index contributed by atoms with van der Waals surface area (Å²) in [5, 5.41) is 0. The summed E-state index contributed by atoms with van der Waals surface area (Å²) in [6, 6.07) is 1.62. The molecule has 112 valence electrons. The number of carbonyl (C=O) groups is 1. The summed E-state index contributed by atoms with van der Waals surface area (Å²) in [5.41, 5.74) is 6.33. The average Bonchev–Trinajstić information content (AvgIpc) is 2.47. The third-order valence-electron chi connectivity index (χ3n) is 2.78. The second-order valence-electron chi connectivity index (χ2n) is 4.09. The smallest absolute Gasteiger partial charge is 0.340 e. The first-order chi connectivity index (χ1) is 9.63. The number of nitrogen functional groups attached to an aromatic ring is 1. The number of ether oxygens (including phenoxy) is 3. The predicted molar refractivity (Wildman–Crippen MR) is 76.0 cm³/mol. The molecule has 0 aromatic carbocycles. The van der Waals surface area contributed by atoms with Crippen LogP contribution in [-0.2, 0) is 14.2 Å². The lowest BCUT2D eigenvalue weighted by Crippen LogP contribution is -2.31. The quantitative estimate of drug-likeness (QED) is 0.697. The molecule has 0 fully saturated rings. The van der Waals surface area contributed by atoms with Crippen molar-refractivity contribution in [3.63, 3.8) is 0 Å². The van der Waals surface area contributed by atoms with Crippen molar-refractivity contribution >= 4 is 17.5 Å². The van der Waals surface area contributed by atoms with Gasteiger partial charge in [-0.1, -0.05) is 0 Å². The molecule has 0 saturated heterocycles. The molecule has 20 heavy (non-hydrogen) atoms. The van der Waals surface area contributed by atoms with E-state index in [-0.39, 0.29) is 0 Å². The number of anilines is 2. The summed E-state index contributed by atoms with van der Waals surface area (Å²) in [7, 11) is 4.57. The molecule has 7 heteroatoms. The van der Waals surface area contributed by atoms with Gasteiger partial charge in [-0.05, 0) is 6.07 Å². The Bertz CT molecular complexity index is 432. The largest absolute Gasteiger partial charge is 0.465 e. The van der Waals surface area contributed by atoms with Crippen molar-refractivity contribution in [2.45, 2.75) is 0 Å². The van der Waals surface area contributed by atoms with Crippen LogP contribution < -0.4 is 10.6 Å². The Morgan fingerprint density at radius 2 is 1.85 bits per heavy atom. The highest BCUT2D eigenvalue weighted by Crippen LogP contribution is 2.19. The zero-order valence-corrected chi connectivity index (χ0v) is 12.1. The van der Waals surface area contributed by atoms with Crippen molar-refractivity contribution in [1.82, 2.24) is 4.98 Å². The van der Waals surface area contributed by atoms with Gasteiger partial charge in [0.15, 0.2) is 0 Å². The van der Waals surface area contributed by atoms with Crippen LogP contribution >= 0.6 is 0 Å². The van der Waals surface area contributed by atoms with Gasteiger partial charge < -0.3 is 24.8 Å². The van der Waals surface area contributed by atoms with Crippen molar-refractivity contribution < 1.29 is 19.0 Å². The Kier molecular flexibility index (Phi) is 6.75. The highest BCUT2D eigenvalue weighted by Gasteiger charge is 2.15. The first-order valence-electron chi connectivity index (χ1n) is 6.20. The number of nitrogens with zero attached hydrogens (tertiary/aromatic N) is 2. The molecule has 1 rings (SSSR count). The normalized spacial score (nSPS) is 10.3. The molecule has 0 atom stereocenters. The Hall–Kier alpha value is -1.86. The number of rotatable bonds is 8. The van der Waals surface area contributed by atoms with Crippen LogP contribution in [0.15, 0.2) is 12.3 Å². The molecule has 0 aliphatic rings. The lowest BCUT2D eigenvalue weighted by molar-refractivity contribution is 0.0602. The fourth-order valence-electron chi connectivity index (χ4n) is 1.66. The van der Waals surface area contributed by atoms with Crippen LogP contribution in [0.1, 0.15) is 10.4 Å². The molecule has 0 saturated carbocycles. The minimum Gasteiger partial charge on any atom is -0.465 e. The fourth-order valence-corrected chi connectivity index (χ4v) is 1.66. The Labute approximate surface area is 118 Å². The van der Waals surface area contributed by atoms with Gasteiger partial charge in [-0.15, -0.1) is 0 Å². The zero-order valence-electron chi connectivity index (χ0n) is 12.1. The van der Waals surface area contributed by atoms with Gasteiger partial charge in [-0.2, -0.15) is 0 Å². The van der Waals surface area contributed by atoms with Crippen LogP contribution in [0.5, 0.6) is 0 Å². The van der Waals surface area contributed by atoms with Crippen LogP contribution in [-0.4, -0.2) is 58.6 Å². The summed E-state index contributed by atoms with van der Waals surface area (Å²) in [4.78, 5) is 17.8. The van der Waals surface area contributed by atoms with E-state index < -0.39 is 5.97 Å². The lowest BCUT2D eigenvalue weighted by Gasteiger charge is -2.23.